The number of ether oxygens (including phenoxy) is 2. The molecule has 2 aliphatic carbocycles. The fraction of sp³-hybridized carbons (Fsp3) is 0.294. The second kappa shape index (κ2) is 11.9. The predicted octanol–water partition coefficient (Wildman–Crippen LogP) is 3.79. The van der Waals surface area contributed by atoms with Crippen molar-refractivity contribution in [2.75, 3.05) is 23.9 Å². The molecule has 3 fully saturated rings. The highest BCUT2D eigenvalue weighted by molar-refractivity contribution is 8.00. The van der Waals surface area contributed by atoms with Crippen LogP contribution in [-0.2, 0) is 24.4 Å². The summed E-state index contributed by atoms with van der Waals surface area (Å²) in [6.45, 7) is -0.345. The fourth-order valence-corrected chi connectivity index (χ4v) is 11.7. The van der Waals surface area contributed by atoms with Gasteiger partial charge in [-0.05, 0) is 78.3 Å². The number of hydrogen-bond donors (Lipinski definition) is 3. The quantitative estimate of drug-likeness (QED) is 0.229. The van der Waals surface area contributed by atoms with Crippen molar-refractivity contribution in [1.29, 1.82) is 0 Å². The van der Waals surface area contributed by atoms with Crippen molar-refractivity contribution in [1.82, 2.24) is 4.98 Å². The first kappa shape index (κ1) is 31.8. The number of nitrogens with zero attached hydrogens (tertiary/aromatic N) is 1. The molecule has 2 aliphatic heterocycles. The van der Waals surface area contributed by atoms with Gasteiger partial charge in [-0.2, -0.15) is 0 Å². The Morgan fingerprint density at radius 1 is 0.980 bits per heavy atom. The standard InChI is InChI=1S/C34H30N4O8S3/c1-45-23-13-16(7-12-22(23)46-15-24(39)36-17-8-10-19(11-9-17)49(35,43)44)25-26-20-14-21(29(26)47-31-30(25)48-34(42)37-31)28-27(20)32(40)38(33(28)41)18-5-3-2-4-6-18/h2-13,20-21,25-29H,14-15H2,1H3,(H,36,39)(H,37,42)(H2,35,43,44)/t20-,21-,25+,26-,27+,28+,29-/m1/s1. The van der Waals surface area contributed by atoms with Crippen LogP contribution in [0.5, 0.6) is 11.5 Å². The third-order valence-electron chi connectivity index (χ3n) is 10.1. The van der Waals surface area contributed by atoms with Gasteiger partial charge in [-0.1, -0.05) is 35.6 Å². The zero-order valence-electron chi connectivity index (χ0n) is 25.9. The first-order chi connectivity index (χ1) is 23.5. The molecule has 12 nitrogen and oxygen atoms in total. The summed E-state index contributed by atoms with van der Waals surface area (Å²) in [6.07, 6.45) is 0.769. The Kier molecular flexibility index (Phi) is 7.70. The maximum atomic E-state index is 13.9. The molecule has 1 aromatic heterocycles. The van der Waals surface area contributed by atoms with Crippen LogP contribution in [0.2, 0.25) is 0 Å². The number of methoxy groups -OCH3 is 1. The molecule has 3 amide bonds. The molecule has 4 aliphatic rings. The normalized spacial score (nSPS) is 26.7. The van der Waals surface area contributed by atoms with E-state index in [1.807, 2.05) is 30.3 Å². The summed E-state index contributed by atoms with van der Waals surface area (Å²) in [5.41, 5.74) is 1.85. The third kappa shape index (κ3) is 5.26. The predicted molar refractivity (Wildman–Crippen MR) is 182 cm³/mol. The number of rotatable bonds is 8. The lowest BCUT2D eigenvalue weighted by Gasteiger charge is -2.43. The van der Waals surface area contributed by atoms with Crippen molar-refractivity contribution >= 4 is 62.2 Å². The summed E-state index contributed by atoms with van der Waals surface area (Å²) < 4.78 is 34.5. The molecule has 0 spiro atoms. The maximum absolute atomic E-state index is 13.9. The summed E-state index contributed by atoms with van der Waals surface area (Å²) >= 11 is 2.79. The minimum atomic E-state index is -3.86. The molecule has 0 unspecified atom stereocenters. The van der Waals surface area contributed by atoms with Gasteiger partial charge < -0.3 is 19.8 Å². The second-order valence-electron chi connectivity index (χ2n) is 12.6. The molecular formula is C34H30N4O8S3. The summed E-state index contributed by atoms with van der Waals surface area (Å²) in [5, 5.41) is 8.63. The number of H-pyrrole nitrogens is 1. The van der Waals surface area contributed by atoms with Crippen LogP contribution in [-0.4, -0.2) is 50.1 Å². The van der Waals surface area contributed by atoms with Crippen LogP contribution in [0.15, 0.2) is 87.5 Å². The molecule has 4 N–H and O–H groups in total. The average Bonchev–Trinajstić information content (AvgIpc) is 3.82. The van der Waals surface area contributed by atoms with Gasteiger partial charge in [0.05, 0.1) is 34.6 Å². The van der Waals surface area contributed by atoms with Crippen molar-refractivity contribution in [3.63, 3.8) is 0 Å². The Hall–Kier alpha value is -4.44. The van der Waals surface area contributed by atoms with E-state index in [1.165, 1.54) is 47.6 Å². The van der Waals surface area contributed by atoms with Crippen LogP contribution < -0.4 is 29.7 Å². The number of benzene rings is 3. The molecule has 0 radical (unpaired) electrons. The Morgan fingerprint density at radius 3 is 2.39 bits per heavy atom. The number of thiazole rings is 1. The van der Waals surface area contributed by atoms with Crippen molar-refractivity contribution in [3.8, 4) is 11.5 Å². The number of aromatic nitrogens is 1. The summed E-state index contributed by atoms with van der Waals surface area (Å²) in [6, 6.07) is 20.0. The van der Waals surface area contributed by atoms with E-state index in [1.54, 1.807) is 30.0 Å². The van der Waals surface area contributed by atoms with E-state index < -0.39 is 21.8 Å². The highest BCUT2D eigenvalue weighted by Crippen LogP contribution is 2.68. The maximum Gasteiger partial charge on any atom is 0.305 e. The average molecular weight is 719 g/mol. The minimum absolute atomic E-state index is 0.00516. The number of para-hydroxylation sites is 1. The summed E-state index contributed by atoms with van der Waals surface area (Å²) in [5.74, 6) is -1.10. The number of amides is 3. The molecule has 2 bridgehead atoms. The van der Waals surface area contributed by atoms with Crippen LogP contribution in [0.1, 0.15) is 22.8 Å². The first-order valence-corrected chi connectivity index (χ1v) is 18.8. The zero-order chi connectivity index (χ0) is 34.2. The van der Waals surface area contributed by atoms with Crippen molar-refractivity contribution in [3.05, 3.63) is 92.9 Å². The van der Waals surface area contributed by atoms with Crippen LogP contribution in [0.25, 0.3) is 0 Å². The number of fused-ring (bicyclic) bond motifs is 9. The molecule has 15 heteroatoms. The summed E-state index contributed by atoms with van der Waals surface area (Å²) in [4.78, 5) is 58.1. The molecule has 7 atom stereocenters. The molecule has 4 aromatic rings. The van der Waals surface area contributed by atoms with Crippen LogP contribution in [0.4, 0.5) is 11.4 Å². The highest BCUT2D eigenvalue weighted by Gasteiger charge is 2.69. The van der Waals surface area contributed by atoms with Gasteiger partial charge in [-0.15, -0.1) is 11.8 Å². The van der Waals surface area contributed by atoms with Crippen molar-refractivity contribution in [2.45, 2.75) is 27.5 Å². The number of hydrogen-bond acceptors (Lipinski definition) is 10. The lowest BCUT2D eigenvalue weighted by Crippen LogP contribution is -2.42. The minimum Gasteiger partial charge on any atom is -0.493 e. The van der Waals surface area contributed by atoms with E-state index in [9.17, 15) is 27.6 Å². The molecule has 49 heavy (non-hydrogen) atoms. The van der Waals surface area contributed by atoms with Gasteiger partial charge in [0.25, 0.3) is 5.91 Å². The monoisotopic (exact) mass is 718 g/mol. The number of nitrogens with one attached hydrogen (secondary N) is 2. The molecule has 1 saturated heterocycles. The summed E-state index contributed by atoms with van der Waals surface area (Å²) in [7, 11) is -2.36. The number of sulfonamides is 1. The van der Waals surface area contributed by atoms with E-state index in [2.05, 4.69) is 10.3 Å². The largest absolute Gasteiger partial charge is 0.493 e. The van der Waals surface area contributed by atoms with E-state index in [4.69, 9.17) is 14.6 Å². The third-order valence-corrected chi connectivity index (χ3v) is 13.6. The number of imide groups is 1. The van der Waals surface area contributed by atoms with Gasteiger partial charge in [0.15, 0.2) is 18.1 Å². The number of nitrogens with two attached hydrogens (primary N) is 1. The Bertz CT molecular complexity index is 2170. The van der Waals surface area contributed by atoms with Gasteiger partial charge in [0.1, 0.15) is 0 Å². The fourth-order valence-electron chi connectivity index (χ4n) is 8.29. The van der Waals surface area contributed by atoms with E-state index in [-0.39, 0.29) is 63.0 Å². The molecule has 3 aromatic carbocycles. The number of anilines is 2. The Morgan fingerprint density at radius 2 is 1.69 bits per heavy atom. The number of carbonyl (C=O) groups is 3. The molecule has 252 valence electrons. The van der Waals surface area contributed by atoms with E-state index in [0.717, 1.165) is 21.9 Å². The smallest absolute Gasteiger partial charge is 0.305 e. The topological polar surface area (TPSA) is 178 Å². The first-order valence-electron chi connectivity index (χ1n) is 15.6. The van der Waals surface area contributed by atoms with Gasteiger partial charge in [-0.25, -0.2) is 13.6 Å². The van der Waals surface area contributed by atoms with Gasteiger partial charge in [0.2, 0.25) is 21.8 Å². The number of aromatic amines is 1. The van der Waals surface area contributed by atoms with Crippen molar-refractivity contribution in [2.24, 2.45) is 34.7 Å². The molecular weight excluding hydrogens is 689 g/mol. The Labute approximate surface area is 289 Å². The SMILES string of the molecule is COc1cc([C@@H]2c3sc(=O)[nH]c3S[C@@H]3[C@@H]4C[C@@H]([C@@H]5C(=O)N(c6ccccc6)C(=O)[C@@H]45)[C@H]23)ccc1OCC(=O)Nc1ccc(S(N)(=O)=O)cc1. The number of thioether (sulfide) groups is 1. The van der Waals surface area contributed by atoms with Gasteiger partial charge >= 0.3 is 4.87 Å². The van der Waals surface area contributed by atoms with Crippen LogP contribution >= 0.6 is 23.1 Å². The highest BCUT2D eigenvalue weighted by atomic mass is 32.2. The molecule has 8 rings (SSSR count). The number of carbonyl (C=O) groups excluding carboxylic acids is 3. The van der Waals surface area contributed by atoms with Crippen molar-refractivity contribution < 1.29 is 32.3 Å². The van der Waals surface area contributed by atoms with Crippen LogP contribution in [0.3, 0.4) is 0 Å². The Balaban J connectivity index is 1.06. The second-order valence-corrected chi connectivity index (χ2v) is 16.4. The lowest BCUT2D eigenvalue weighted by molar-refractivity contribution is -0.123. The lowest BCUT2D eigenvalue weighted by atomic mass is 9.68. The molecule has 3 heterocycles. The molecule has 2 saturated carbocycles. The van der Waals surface area contributed by atoms with Crippen LogP contribution in [0, 0.1) is 29.6 Å². The van der Waals surface area contributed by atoms with Gasteiger partial charge in [0, 0.05) is 21.7 Å². The number of primary sulfonamides is 1. The van der Waals surface area contributed by atoms with Gasteiger partial charge in [-0.3, -0.25) is 24.1 Å². The van der Waals surface area contributed by atoms with E-state index >= 15 is 0 Å². The van der Waals surface area contributed by atoms with E-state index in [0.29, 0.717) is 22.9 Å². The zero-order valence-corrected chi connectivity index (χ0v) is 28.3.